The maximum absolute atomic E-state index is 12.5. The Hall–Kier alpha value is -3.29. The van der Waals surface area contributed by atoms with Gasteiger partial charge in [0.1, 0.15) is 5.75 Å². The van der Waals surface area contributed by atoms with Crippen molar-refractivity contribution < 1.29 is 9.53 Å². The van der Waals surface area contributed by atoms with Crippen LogP contribution < -0.4 is 10.1 Å². The number of benzene rings is 3. The predicted octanol–water partition coefficient (Wildman–Crippen LogP) is 5.26. The number of nitrogens with zero attached hydrogens (tertiary/aromatic N) is 1. The fourth-order valence-electron chi connectivity index (χ4n) is 2.23. The summed E-state index contributed by atoms with van der Waals surface area (Å²) < 4.78 is 5.82. The highest BCUT2D eigenvalue weighted by Gasteiger charge is 2.12. The van der Waals surface area contributed by atoms with Crippen LogP contribution in [0.25, 0.3) is 0 Å². The summed E-state index contributed by atoms with van der Waals surface area (Å²) in [4.78, 5) is 12.5. The van der Waals surface area contributed by atoms with Crippen LogP contribution in [-0.4, -0.2) is 5.91 Å². The van der Waals surface area contributed by atoms with Gasteiger partial charge in [0.2, 0.25) is 0 Å². The molecule has 0 aliphatic carbocycles. The molecule has 1 amide bonds. The van der Waals surface area contributed by atoms with Crippen molar-refractivity contribution in [1.29, 1.82) is 5.26 Å². The summed E-state index contributed by atoms with van der Waals surface area (Å²) >= 11 is 6.12. The van der Waals surface area contributed by atoms with Gasteiger partial charge < -0.3 is 10.1 Å². The lowest BCUT2D eigenvalue weighted by atomic mass is 10.1. The molecule has 0 radical (unpaired) electrons. The number of ether oxygens (including phenoxy) is 1. The number of carbonyl (C=O) groups is 1. The van der Waals surface area contributed by atoms with Crippen molar-refractivity contribution in [3.8, 4) is 17.6 Å². The molecule has 3 aromatic rings. The standard InChI is InChI=1S/C20H13ClN2O2/c21-16-8-1-3-10-18(16)25-19-11-4-2-9-17(19)23-20(24)15-7-5-6-14(12-15)13-22/h1-12H,(H,23,24). The summed E-state index contributed by atoms with van der Waals surface area (Å²) in [5, 5.41) is 12.2. The molecular weight excluding hydrogens is 336 g/mol. The first-order valence-electron chi connectivity index (χ1n) is 7.50. The number of hydrogen-bond acceptors (Lipinski definition) is 3. The van der Waals surface area contributed by atoms with Gasteiger partial charge in [0, 0.05) is 5.56 Å². The first kappa shape index (κ1) is 16.6. The molecule has 122 valence electrons. The third-order valence-corrected chi connectivity index (χ3v) is 3.76. The van der Waals surface area contributed by atoms with Gasteiger partial charge >= 0.3 is 0 Å². The molecule has 3 aromatic carbocycles. The minimum Gasteiger partial charge on any atom is -0.454 e. The summed E-state index contributed by atoms with van der Waals surface area (Å²) in [7, 11) is 0. The van der Waals surface area contributed by atoms with Gasteiger partial charge in [0.05, 0.1) is 22.3 Å². The SMILES string of the molecule is N#Cc1cccc(C(=O)Nc2ccccc2Oc2ccccc2Cl)c1. The Labute approximate surface area is 150 Å². The molecule has 0 unspecified atom stereocenters. The second-order valence-corrected chi connectivity index (χ2v) is 5.58. The summed E-state index contributed by atoms with van der Waals surface area (Å²) in [6.45, 7) is 0. The van der Waals surface area contributed by atoms with Gasteiger partial charge in [-0.15, -0.1) is 0 Å². The summed E-state index contributed by atoms with van der Waals surface area (Å²) in [6.07, 6.45) is 0. The number of halogens is 1. The molecule has 25 heavy (non-hydrogen) atoms. The van der Waals surface area contributed by atoms with Crippen LogP contribution in [-0.2, 0) is 0 Å². The number of para-hydroxylation sites is 3. The molecule has 3 rings (SSSR count). The van der Waals surface area contributed by atoms with Crippen molar-refractivity contribution in [3.63, 3.8) is 0 Å². The van der Waals surface area contributed by atoms with Gasteiger partial charge in [-0.3, -0.25) is 4.79 Å². The van der Waals surface area contributed by atoms with Gasteiger partial charge in [-0.25, -0.2) is 0 Å². The van der Waals surface area contributed by atoms with E-state index in [2.05, 4.69) is 5.32 Å². The zero-order chi connectivity index (χ0) is 17.6. The molecule has 5 heteroatoms. The Kier molecular flexibility index (Phi) is 4.98. The average molecular weight is 349 g/mol. The quantitative estimate of drug-likeness (QED) is 0.699. The number of rotatable bonds is 4. The van der Waals surface area contributed by atoms with E-state index in [4.69, 9.17) is 21.6 Å². The van der Waals surface area contributed by atoms with E-state index in [-0.39, 0.29) is 5.91 Å². The maximum atomic E-state index is 12.5. The van der Waals surface area contributed by atoms with Crippen LogP contribution in [0.5, 0.6) is 11.5 Å². The van der Waals surface area contributed by atoms with Crippen molar-refractivity contribution in [1.82, 2.24) is 0 Å². The third-order valence-electron chi connectivity index (χ3n) is 3.45. The van der Waals surface area contributed by atoms with E-state index in [1.807, 2.05) is 18.2 Å². The molecule has 0 aliphatic heterocycles. The molecule has 0 aliphatic rings. The van der Waals surface area contributed by atoms with Gasteiger partial charge in [-0.2, -0.15) is 5.26 Å². The van der Waals surface area contributed by atoms with Crippen molar-refractivity contribution >= 4 is 23.2 Å². The molecule has 0 heterocycles. The van der Waals surface area contributed by atoms with Gasteiger partial charge in [0.15, 0.2) is 5.75 Å². The first-order valence-corrected chi connectivity index (χ1v) is 7.88. The van der Waals surface area contributed by atoms with Gasteiger partial charge in [0.25, 0.3) is 5.91 Å². The molecule has 0 fully saturated rings. The van der Waals surface area contributed by atoms with Crippen molar-refractivity contribution in [2.45, 2.75) is 0 Å². The lowest BCUT2D eigenvalue weighted by molar-refractivity contribution is 0.102. The Morgan fingerprint density at radius 3 is 2.44 bits per heavy atom. The lowest BCUT2D eigenvalue weighted by Gasteiger charge is -2.13. The maximum Gasteiger partial charge on any atom is 0.255 e. The van der Waals surface area contributed by atoms with Gasteiger partial charge in [-0.05, 0) is 42.5 Å². The number of hydrogen-bond donors (Lipinski definition) is 1. The Morgan fingerprint density at radius 2 is 1.68 bits per heavy atom. The van der Waals surface area contributed by atoms with E-state index in [9.17, 15) is 4.79 Å². The minimum atomic E-state index is -0.327. The van der Waals surface area contributed by atoms with Gasteiger partial charge in [-0.1, -0.05) is 41.9 Å². The van der Waals surface area contributed by atoms with Crippen LogP contribution in [0.15, 0.2) is 72.8 Å². The van der Waals surface area contributed by atoms with Crippen LogP contribution in [0, 0.1) is 11.3 Å². The van der Waals surface area contributed by atoms with Crippen LogP contribution in [0.4, 0.5) is 5.69 Å². The Morgan fingerprint density at radius 1 is 0.960 bits per heavy atom. The number of nitriles is 1. The first-order chi connectivity index (χ1) is 12.2. The number of carbonyl (C=O) groups excluding carboxylic acids is 1. The second kappa shape index (κ2) is 7.52. The topological polar surface area (TPSA) is 62.1 Å². The molecule has 0 spiro atoms. The van der Waals surface area contributed by atoms with Crippen LogP contribution in [0.1, 0.15) is 15.9 Å². The molecule has 1 N–H and O–H groups in total. The van der Waals surface area contributed by atoms with E-state index in [0.717, 1.165) is 0 Å². The fourth-order valence-corrected chi connectivity index (χ4v) is 2.40. The molecule has 0 bridgehead atoms. The van der Waals surface area contributed by atoms with Crippen molar-refractivity contribution in [2.24, 2.45) is 0 Å². The Bertz CT molecular complexity index is 964. The van der Waals surface area contributed by atoms with Crippen LogP contribution in [0.2, 0.25) is 5.02 Å². The highest BCUT2D eigenvalue weighted by Crippen LogP contribution is 2.33. The summed E-state index contributed by atoms with van der Waals surface area (Å²) in [5.41, 5.74) is 1.33. The molecule has 0 aromatic heterocycles. The average Bonchev–Trinajstić information content (AvgIpc) is 2.65. The lowest BCUT2D eigenvalue weighted by Crippen LogP contribution is -2.12. The zero-order valence-corrected chi connectivity index (χ0v) is 13.8. The summed E-state index contributed by atoms with van der Waals surface area (Å²) in [5.74, 6) is 0.644. The highest BCUT2D eigenvalue weighted by atomic mass is 35.5. The largest absolute Gasteiger partial charge is 0.454 e. The van der Waals surface area contributed by atoms with Crippen LogP contribution >= 0.6 is 11.6 Å². The number of amides is 1. The second-order valence-electron chi connectivity index (χ2n) is 5.18. The molecule has 0 saturated heterocycles. The van der Waals surface area contributed by atoms with Crippen molar-refractivity contribution in [2.75, 3.05) is 5.32 Å². The van der Waals surface area contributed by atoms with Crippen LogP contribution in [0.3, 0.4) is 0 Å². The van der Waals surface area contributed by atoms with E-state index >= 15 is 0 Å². The Balaban J connectivity index is 1.85. The third kappa shape index (κ3) is 3.97. The molecule has 4 nitrogen and oxygen atoms in total. The van der Waals surface area contributed by atoms with E-state index in [1.54, 1.807) is 54.6 Å². The number of nitrogens with one attached hydrogen (secondary N) is 1. The molecule has 0 atom stereocenters. The highest BCUT2D eigenvalue weighted by molar-refractivity contribution is 6.32. The summed E-state index contributed by atoms with van der Waals surface area (Å²) in [6, 6.07) is 22.7. The van der Waals surface area contributed by atoms with Crippen molar-refractivity contribution in [3.05, 3.63) is 88.9 Å². The van der Waals surface area contributed by atoms with E-state index in [0.29, 0.717) is 33.3 Å². The smallest absolute Gasteiger partial charge is 0.255 e. The van der Waals surface area contributed by atoms with E-state index < -0.39 is 0 Å². The normalized spacial score (nSPS) is 9.92. The molecular formula is C20H13ClN2O2. The van der Waals surface area contributed by atoms with E-state index in [1.165, 1.54) is 6.07 Å². The fraction of sp³-hybridized carbons (Fsp3) is 0. The molecule has 0 saturated carbocycles. The monoisotopic (exact) mass is 348 g/mol. The predicted molar refractivity (Wildman–Crippen MR) is 97.1 cm³/mol. The zero-order valence-electron chi connectivity index (χ0n) is 13.1. The minimum absolute atomic E-state index is 0.327. The number of anilines is 1.